The van der Waals surface area contributed by atoms with Crippen molar-refractivity contribution in [1.29, 1.82) is 0 Å². The first-order valence-electron chi connectivity index (χ1n) is 7.07. The SMILES string of the molecule is CC(C)C(C)(C)SN1CCc2c(cc(C(=O)O)n2C)C1. The second kappa shape index (κ2) is 5.45. The number of nitrogens with zero attached hydrogens (tertiary/aromatic N) is 2. The van der Waals surface area contributed by atoms with Crippen LogP contribution in [0.5, 0.6) is 0 Å². The van der Waals surface area contributed by atoms with Gasteiger partial charge in [-0.15, -0.1) is 0 Å². The average molecular weight is 296 g/mol. The third kappa shape index (κ3) is 2.88. The van der Waals surface area contributed by atoms with Crippen molar-refractivity contribution < 1.29 is 9.90 Å². The van der Waals surface area contributed by atoms with E-state index in [0.717, 1.165) is 25.1 Å². The average Bonchev–Trinajstić information content (AvgIpc) is 2.66. The van der Waals surface area contributed by atoms with E-state index < -0.39 is 5.97 Å². The van der Waals surface area contributed by atoms with Crippen molar-refractivity contribution in [3.8, 4) is 0 Å². The maximum atomic E-state index is 11.2. The minimum absolute atomic E-state index is 0.196. The van der Waals surface area contributed by atoms with Crippen molar-refractivity contribution in [3.05, 3.63) is 23.0 Å². The van der Waals surface area contributed by atoms with Crippen molar-refractivity contribution in [2.75, 3.05) is 6.54 Å². The van der Waals surface area contributed by atoms with Crippen LogP contribution < -0.4 is 0 Å². The number of carboxylic acids is 1. The van der Waals surface area contributed by atoms with Crippen LogP contribution in [-0.2, 0) is 20.0 Å². The zero-order chi connectivity index (χ0) is 15.1. The monoisotopic (exact) mass is 296 g/mol. The maximum absolute atomic E-state index is 11.2. The summed E-state index contributed by atoms with van der Waals surface area (Å²) >= 11 is 1.89. The maximum Gasteiger partial charge on any atom is 0.352 e. The first-order chi connectivity index (χ1) is 9.22. The van der Waals surface area contributed by atoms with Gasteiger partial charge < -0.3 is 9.67 Å². The van der Waals surface area contributed by atoms with Crippen molar-refractivity contribution in [3.63, 3.8) is 0 Å². The number of rotatable bonds is 4. The molecule has 1 aromatic rings. The molecule has 0 fully saturated rings. The van der Waals surface area contributed by atoms with Gasteiger partial charge in [-0.05, 0) is 31.4 Å². The molecule has 0 aliphatic carbocycles. The van der Waals surface area contributed by atoms with Gasteiger partial charge in [0.1, 0.15) is 5.69 Å². The molecule has 4 nitrogen and oxygen atoms in total. The van der Waals surface area contributed by atoms with E-state index in [-0.39, 0.29) is 4.75 Å². The highest BCUT2D eigenvalue weighted by atomic mass is 32.2. The summed E-state index contributed by atoms with van der Waals surface area (Å²) in [5.41, 5.74) is 2.72. The topological polar surface area (TPSA) is 45.5 Å². The molecule has 0 unspecified atom stereocenters. The van der Waals surface area contributed by atoms with E-state index >= 15 is 0 Å². The number of hydrogen-bond acceptors (Lipinski definition) is 3. The van der Waals surface area contributed by atoms with Crippen LogP contribution in [0.15, 0.2) is 6.07 Å². The zero-order valence-corrected chi connectivity index (χ0v) is 13.8. The van der Waals surface area contributed by atoms with Crippen LogP contribution in [-0.4, -0.2) is 31.2 Å². The lowest BCUT2D eigenvalue weighted by Gasteiger charge is -2.36. The summed E-state index contributed by atoms with van der Waals surface area (Å²) in [6.07, 6.45) is 0.917. The molecule has 1 aromatic heterocycles. The van der Waals surface area contributed by atoms with Gasteiger partial charge in [-0.25, -0.2) is 9.10 Å². The van der Waals surface area contributed by atoms with E-state index in [9.17, 15) is 9.90 Å². The Morgan fingerprint density at radius 1 is 1.45 bits per heavy atom. The van der Waals surface area contributed by atoms with Gasteiger partial charge in [0, 0.05) is 37.0 Å². The summed E-state index contributed by atoms with van der Waals surface area (Å²) in [5.74, 6) is -0.247. The zero-order valence-electron chi connectivity index (χ0n) is 12.9. The number of aromatic carboxylic acids is 1. The van der Waals surface area contributed by atoms with Gasteiger partial charge in [0.25, 0.3) is 0 Å². The molecule has 0 aromatic carbocycles. The molecule has 0 radical (unpaired) electrons. The largest absolute Gasteiger partial charge is 0.477 e. The van der Waals surface area contributed by atoms with E-state index in [4.69, 9.17) is 0 Å². The summed E-state index contributed by atoms with van der Waals surface area (Å²) in [6, 6.07) is 1.83. The van der Waals surface area contributed by atoms with Crippen molar-refractivity contribution in [2.24, 2.45) is 13.0 Å². The predicted molar refractivity (Wildman–Crippen MR) is 83.0 cm³/mol. The van der Waals surface area contributed by atoms with Crippen LogP contribution in [0.2, 0.25) is 0 Å². The summed E-state index contributed by atoms with van der Waals surface area (Å²) < 4.78 is 4.39. The Morgan fingerprint density at radius 2 is 2.10 bits per heavy atom. The highest BCUT2D eigenvalue weighted by Crippen LogP contribution is 2.37. The van der Waals surface area contributed by atoms with Crippen LogP contribution in [0.3, 0.4) is 0 Å². The Bertz CT molecular complexity index is 520. The molecule has 5 heteroatoms. The first-order valence-corrected chi connectivity index (χ1v) is 7.84. The smallest absolute Gasteiger partial charge is 0.352 e. The first kappa shape index (κ1) is 15.4. The fourth-order valence-corrected chi connectivity index (χ4v) is 3.65. The van der Waals surface area contributed by atoms with Crippen LogP contribution in [0.4, 0.5) is 0 Å². The van der Waals surface area contributed by atoms with Gasteiger partial charge in [-0.1, -0.05) is 25.8 Å². The van der Waals surface area contributed by atoms with Gasteiger partial charge in [-0.3, -0.25) is 0 Å². The molecule has 0 amide bonds. The molecule has 0 spiro atoms. The van der Waals surface area contributed by atoms with Crippen LogP contribution in [0.1, 0.15) is 49.4 Å². The minimum atomic E-state index is -0.844. The lowest BCUT2D eigenvalue weighted by Crippen LogP contribution is -2.33. The van der Waals surface area contributed by atoms with Gasteiger partial charge in [0.05, 0.1) is 0 Å². The van der Waals surface area contributed by atoms with E-state index in [1.165, 1.54) is 5.69 Å². The summed E-state index contributed by atoms with van der Waals surface area (Å²) in [6.45, 7) is 10.8. The quantitative estimate of drug-likeness (QED) is 0.867. The van der Waals surface area contributed by atoms with Gasteiger partial charge in [0.15, 0.2) is 0 Å². The van der Waals surface area contributed by atoms with E-state index in [0.29, 0.717) is 11.6 Å². The number of aromatic nitrogens is 1. The third-order valence-electron chi connectivity index (χ3n) is 4.37. The fourth-order valence-electron chi connectivity index (χ4n) is 2.39. The number of fused-ring (bicyclic) bond motifs is 1. The fraction of sp³-hybridized carbons (Fsp3) is 0.667. The van der Waals surface area contributed by atoms with Gasteiger partial charge >= 0.3 is 5.97 Å². The van der Waals surface area contributed by atoms with E-state index in [1.807, 2.05) is 29.6 Å². The van der Waals surface area contributed by atoms with Crippen molar-refractivity contribution in [2.45, 2.75) is 45.4 Å². The molecule has 0 saturated heterocycles. The summed E-state index contributed by atoms with van der Waals surface area (Å²) in [5, 5.41) is 9.20. The lowest BCUT2D eigenvalue weighted by atomic mass is 10.00. The highest BCUT2D eigenvalue weighted by Gasteiger charge is 2.30. The second-order valence-corrected chi connectivity index (χ2v) is 8.08. The molecule has 112 valence electrons. The van der Waals surface area contributed by atoms with E-state index in [1.54, 1.807) is 0 Å². The molecule has 2 rings (SSSR count). The summed E-state index contributed by atoms with van der Waals surface area (Å²) in [7, 11) is 1.85. The van der Waals surface area contributed by atoms with E-state index in [2.05, 4.69) is 32.0 Å². The molecule has 0 saturated carbocycles. The molecular weight excluding hydrogens is 272 g/mol. The minimum Gasteiger partial charge on any atom is -0.477 e. The van der Waals surface area contributed by atoms with Crippen LogP contribution in [0, 0.1) is 5.92 Å². The molecule has 2 heterocycles. The van der Waals surface area contributed by atoms with Gasteiger partial charge in [-0.2, -0.15) is 0 Å². The second-order valence-electron chi connectivity index (χ2n) is 6.33. The standard InChI is InChI=1S/C15H24N2O2S/c1-10(2)15(3,4)20-17-7-6-12-11(9-17)8-13(14(18)19)16(12)5/h8,10H,6-7,9H2,1-5H3,(H,18,19). The molecule has 1 aliphatic rings. The Hall–Kier alpha value is -0.940. The summed E-state index contributed by atoms with van der Waals surface area (Å²) in [4.78, 5) is 11.2. The Labute approximate surface area is 125 Å². The number of hydrogen-bond donors (Lipinski definition) is 1. The lowest BCUT2D eigenvalue weighted by molar-refractivity contribution is 0.0686. The predicted octanol–water partition coefficient (Wildman–Crippen LogP) is 3.16. The Balaban J connectivity index is 2.16. The molecular formula is C15H24N2O2S. The van der Waals surface area contributed by atoms with Crippen molar-refractivity contribution in [1.82, 2.24) is 8.87 Å². The van der Waals surface area contributed by atoms with Crippen LogP contribution >= 0.6 is 11.9 Å². The molecule has 1 aliphatic heterocycles. The normalized spacial score (nSPS) is 16.5. The van der Waals surface area contributed by atoms with Gasteiger partial charge in [0.2, 0.25) is 0 Å². The third-order valence-corrected chi connectivity index (χ3v) is 5.88. The molecule has 0 bridgehead atoms. The number of carbonyl (C=O) groups is 1. The highest BCUT2D eigenvalue weighted by molar-refractivity contribution is 7.98. The number of carboxylic acid groups (broad SMARTS) is 1. The molecule has 0 atom stereocenters. The van der Waals surface area contributed by atoms with Crippen LogP contribution in [0.25, 0.3) is 0 Å². The van der Waals surface area contributed by atoms with Crippen molar-refractivity contribution >= 4 is 17.9 Å². The Kier molecular flexibility index (Phi) is 4.21. The Morgan fingerprint density at radius 3 is 2.65 bits per heavy atom. The molecule has 1 N–H and O–H groups in total. The molecule has 20 heavy (non-hydrogen) atoms.